The zero-order valence-electron chi connectivity index (χ0n) is 17.0. The number of para-hydroxylation sites is 3. The summed E-state index contributed by atoms with van der Waals surface area (Å²) in [5.74, 6) is 1.59. The van der Waals surface area contributed by atoms with E-state index in [-0.39, 0.29) is 12.5 Å². The largest absolute Gasteiger partial charge is 0.484 e. The number of fused-ring (bicyclic) bond motifs is 1. The van der Waals surface area contributed by atoms with Crippen LogP contribution in [0.3, 0.4) is 0 Å². The number of hydrogen-bond donors (Lipinski definition) is 0. The fourth-order valence-corrected chi connectivity index (χ4v) is 3.82. The molecule has 0 saturated carbocycles. The number of benzene rings is 2. The molecule has 1 amide bonds. The number of aromatic nitrogens is 2. The van der Waals surface area contributed by atoms with Crippen LogP contribution in [-0.2, 0) is 18.4 Å². The summed E-state index contributed by atoms with van der Waals surface area (Å²) in [7, 11) is 2.01. The standard InChI is InChI=1S/C23H28N4O2/c1-25-21-12-6-5-11-20(21)24-22(25)17-27(16-15-26-13-7-8-14-26)23(28)18-29-19-9-3-2-4-10-19/h2-6,9-12H,7-8,13-18H2,1H3. The first-order chi connectivity index (χ1) is 14.2. The first-order valence-corrected chi connectivity index (χ1v) is 10.3. The van der Waals surface area contributed by atoms with Gasteiger partial charge in [-0.2, -0.15) is 0 Å². The monoisotopic (exact) mass is 392 g/mol. The number of carbonyl (C=O) groups is 1. The predicted octanol–water partition coefficient (Wildman–Crippen LogP) is 3.08. The van der Waals surface area contributed by atoms with Gasteiger partial charge in [-0.1, -0.05) is 30.3 Å². The number of imidazole rings is 1. The summed E-state index contributed by atoms with van der Waals surface area (Å²) < 4.78 is 7.79. The minimum atomic E-state index is -0.0138. The van der Waals surface area contributed by atoms with Gasteiger partial charge in [0.15, 0.2) is 6.61 Å². The lowest BCUT2D eigenvalue weighted by molar-refractivity contribution is -0.134. The molecule has 1 fully saturated rings. The maximum absolute atomic E-state index is 13.0. The Kier molecular flexibility index (Phi) is 6.10. The molecule has 1 aromatic heterocycles. The van der Waals surface area contributed by atoms with E-state index in [1.165, 1.54) is 12.8 Å². The van der Waals surface area contributed by atoms with E-state index in [1.54, 1.807) is 0 Å². The third-order valence-electron chi connectivity index (χ3n) is 5.56. The summed E-state index contributed by atoms with van der Waals surface area (Å²) in [4.78, 5) is 22.0. The highest BCUT2D eigenvalue weighted by molar-refractivity contribution is 5.78. The highest BCUT2D eigenvalue weighted by Crippen LogP contribution is 2.16. The van der Waals surface area contributed by atoms with Gasteiger partial charge in [-0.3, -0.25) is 4.79 Å². The molecule has 0 bridgehead atoms. The Bertz CT molecular complexity index is 948. The number of rotatable bonds is 8. The van der Waals surface area contributed by atoms with Crippen LogP contribution in [0.15, 0.2) is 54.6 Å². The lowest BCUT2D eigenvalue weighted by Gasteiger charge is -2.25. The minimum absolute atomic E-state index is 0.0138. The molecule has 29 heavy (non-hydrogen) atoms. The van der Waals surface area contributed by atoms with Crippen LogP contribution < -0.4 is 4.74 Å². The van der Waals surface area contributed by atoms with Gasteiger partial charge < -0.3 is 19.1 Å². The van der Waals surface area contributed by atoms with Crippen LogP contribution in [0.2, 0.25) is 0 Å². The second-order valence-corrected chi connectivity index (χ2v) is 7.54. The van der Waals surface area contributed by atoms with Gasteiger partial charge in [0.05, 0.1) is 17.6 Å². The Labute approximate surface area is 171 Å². The van der Waals surface area contributed by atoms with Crippen molar-refractivity contribution in [3.05, 3.63) is 60.4 Å². The van der Waals surface area contributed by atoms with Gasteiger partial charge in [-0.15, -0.1) is 0 Å². The van der Waals surface area contributed by atoms with Gasteiger partial charge in [-0.25, -0.2) is 4.98 Å². The Balaban J connectivity index is 1.47. The molecule has 0 unspecified atom stereocenters. The molecule has 1 aliphatic heterocycles. The van der Waals surface area contributed by atoms with Crippen molar-refractivity contribution < 1.29 is 9.53 Å². The number of likely N-dealkylation sites (tertiary alicyclic amines) is 1. The van der Waals surface area contributed by atoms with Gasteiger partial charge in [0.25, 0.3) is 5.91 Å². The van der Waals surface area contributed by atoms with E-state index in [0.29, 0.717) is 18.8 Å². The van der Waals surface area contributed by atoms with E-state index in [9.17, 15) is 4.79 Å². The van der Waals surface area contributed by atoms with E-state index < -0.39 is 0 Å². The predicted molar refractivity (Wildman–Crippen MR) is 114 cm³/mol. The van der Waals surface area contributed by atoms with Crippen molar-refractivity contribution >= 4 is 16.9 Å². The Morgan fingerprint density at radius 2 is 1.79 bits per heavy atom. The average Bonchev–Trinajstić information content (AvgIpc) is 3.38. The smallest absolute Gasteiger partial charge is 0.260 e. The fourth-order valence-electron chi connectivity index (χ4n) is 3.82. The number of hydrogen-bond acceptors (Lipinski definition) is 4. The molecule has 0 N–H and O–H groups in total. The van der Waals surface area contributed by atoms with E-state index in [2.05, 4.69) is 15.5 Å². The summed E-state index contributed by atoms with van der Waals surface area (Å²) in [6, 6.07) is 17.5. The topological polar surface area (TPSA) is 50.6 Å². The quantitative estimate of drug-likeness (QED) is 0.591. The number of carbonyl (C=O) groups excluding carboxylic acids is 1. The summed E-state index contributed by atoms with van der Waals surface area (Å²) in [6.45, 7) is 4.33. The van der Waals surface area contributed by atoms with Crippen molar-refractivity contribution in [2.24, 2.45) is 7.05 Å². The lowest BCUT2D eigenvalue weighted by Crippen LogP contribution is -2.40. The van der Waals surface area contributed by atoms with Gasteiger partial charge in [0.1, 0.15) is 11.6 Å². The van der Waals surface area contributed by atoms with Crippen LogP contribution in [0.4, 0.5) is 0 Å². The molecule has 1 aliphatic rings. The van der Waals surface area contributed by atoms with E-state index >= 15 is 0 Å². The second-order valence-electron chi connectivity index (χ2n) is 7.54. The van der Waals surface area contributed by atoms with Crippen LogP contribution in [0.1, 0.15) is 18.7 Å². The van der Waals surface area contributed by atoms with Crippen LogP contribution in [0, 0.1) is 0 Å². The van der Waals surface area contributed by atoms with Gasteiger partial charge in [0, 0.05) is 20.1 Å². The maximum atomic E-state index is 13.0. The Hall–Kier alpha value is -2.86. The zero-order chi connectivity index (χ0) is 20.1. The van der Waals surface area contributed by atoms with Crippen molar-refractivity contribution in [3.8, 4) is 5.75 Å². The van der Waals surface area contributed by atoms with Crippen LogP contribution in [0.25, 0.3) is 11.0 Å². The van der Waals surface area contributed by atoms with Gasteiger partial charge in [0.2, 0.25) is 0 Å². The maximum Gasteiger partial charge on any atom is 0.260 e. The molecule has 3 aromatic rings. The van der Waals surface area contributed by atoms with Gasteiger partial charge >= 0.3 is 0 Å². The van der Waals surface area contributed by atoms with Crippen molar-refractivity contribution in [2.45, 2.75) is 19.4 Å². The SMILES string of the molecule is Cn1c(CN(CCN2CCCC2)C(=O)COc2ccccc2)nc2ccccc21. The average molecular weight is 393 g/mol. The number of ether oxygens (including phenoxy) is 1. The molecule has 4 rings (SSSR count). The number of aryl methyl sites for hydroxylation is 1. The second kappa shape index (κ2) is 9.09. The highest BCUT2D eigenvalue weighted by Gasteiger charge is 2.20. The van der Waals surface area contributed by atoms with Crippen LogP contribution in [-0.4, -0.2) is 58.0 Å². The Morgan fingerprint density at radius 1 is 1.07 bits per heavy atom. The highest BCUT2D eigenvalue weighted by atomic mass is 16.5. The third-order valence-corrected chi connectivity index (χ3v) is 5.56. The summed E-state index contributed by atoms with van der Waals surface area (Å²) in [5.41, 5.74) is 2.03. The third kappa shape index (κ3) is 4.77. The van der Waals surface area contributed by atoms with Crippen molar-refractivity contribution in [1.82, 2.24) is 19.4 Å². The van der Waals surface area contributed by atoms with E-state index in [4.69, 9.17) is 9.72 Å². The summed E-state index contributed by atoms with van der Waals surface area (Å²) in [6.07, 6.45) is 2.49. The van der Waals surface area contributed by atoms with Crippen molar-refractivity contribution in [1.29, 1.82) is 0 Å². The molecule has 0 atom stereocenters. The van der Waals surface area contributed by atoms with E-state index in [0.717, 1.165) is 36.5 Å². The normalized spacial score (nSPS) is 14.4. The molecule has 6 heteroatoms. The molecular formula is C23H28N4O2. The summed E-state index contributed by atoms with van der Waals surface area (Å²) >= 11 is 0. The molecule has 2 aromatic carbocycles. The van der Waals surface area contributed by atoms with Crippen molar-refractivity contribution in [3.63, 3.8) is 0 Å². The van der Waals surface area contributed by atoms with E-state index in [1.807, 2.05) is 60.5 Å². The lowest BCUT2D eigenvalue weighted by atomic mass is 10.3. The van der Waals surface area contributed by atoms with Crippen LogP contribution in [0.5, 0.6) is 5.75 Å². The molecule has 1 saturated heterocycles. The molecule has 152 valence electrons. The molecule has 0 spiro atoms. The number of amides is 1. The first-order valence-electron chi connectivity index (χ1n) is 10.3. The first kappa shape index (κ1) is 19.5. The van der Waals surface area contributed by atoms with Gasteiger partial charge in [-0.05, 0) is 50.2 Å². The number of nitrogens with zero attached hydrogens (tertiary/aromatic N) is 4. The molecule has 0 aliphatic carbocycles. The minimum Gasteiger partial charge on any atom is -0.484 e. The van der Waals surface area contributed by atoms with Crippen molar-refractivity contribution in [2.75, 3.05) is 32.8 Å². The summed E-state index contributed by atoms with van der Waals surface area (Å²) in [5, 5.41) is 0. The van der Waals surface area contributed by atoms with Crippen LogP contribution >= 0.6 is 0 Å². The Morgan fingerprint density at radius 3 is 2.55 bits per heavy atom. The zero-order valence-corrected chi connectivity index (χ0v) is 17.0. The molecule has 6 nitrogen and oxygen atoms in total. The molecule has 2 heterocycles. The molecule has 0 radical (unpaired) electrons. The fraction of sp³-hybridized carbons (Fsp3) is 0.391. The molecular weight excluding hydrogens is 364 g/mol.